The summed E-state index contributed by atoms with van der Waals surface area (Å²) >= 11 is 1.49. The Hall–Kier alpha value is -1.07. The van der Waals surface area contributed by atoms with Gasteiger partial charge in [0, 0.05) is 18.4 Å². The summed E-state index contributed by atoms with van der Waals surface area (Å²) in [6.45, 7) is 6.18. The minimum atomic E-state index is -0.251. The van der Waals surface area contributed by atoms with Crippen molar-refractivity contribution in [2.24, 2.45) is 5.41 Å². The third-order valence-corrected chi connectivity index (χ3v) is 4.22. The van der Waals surface area contributed by atoms with Crippen LogP contribution >= 0.6 is 11.8 Å². The molecule has 1 aromatic rings. The van der Waals surface area contributed by atoms with Gasteiger partial charge in [0.05, 0.1) is 5.75 Å². The molecule has 0 aliphatic rings. The molecule has 3 nitrogen and oxygen atoms in total. The summed E-state index contributed by atoms with van der Waals surface area (Å²) in [5.74, 6) is 0.748. The largest absolute Gasteiger partial charge is 0.396 e. The van der Waals surface area contributed by atoms with Crippen LogP contribution in [0.25, 0.3) is 0 Å². The van der Waals surface area contributed by atoms with Crippen molar-refractivity contribution < 1.29 is 14.3 Å². The number of aliphatic hydroxyl groups excluding tert-OH is 1. The third kappa shape index (κ3) is 6.96. The average molecular weight is 313 g/mol. The summed E-state index contributed by atoms with van der Waals surface area (Å²) in [7, 11) is 0. The average Bonchev–Trinajstić information content (AvgIpc) is 2.39. The van der Waals surface area contributed by atoms with Gasteiger partial charge in [-0.3, -0.25) is 4.79 Å². The van der Waals surface area contributed by atoms with Gasteiger partial charge in [-0.25, -0.2) is 4.39 Å². The number of nitrogens with one attached hydrogen (secondary N) is 1. The standard InChI is InChI=1S/C16H24FNO2S/c1-16(2,3)14(8-9-19)18-15(20)11-21-10-12-4-6-13(17)7-5-12/h4-7,14,19H,8-11H2,1-3H3,(H,18,20). The van der Waals surface area contributed by atoms with Crippen LogP contribution < -0.4 is 5.32 Å². The first-order valence-corrected chi connectivity index (χ1v) is 8.21. The summed E-state index contributed by atoms with van der Waals surface area (Å²) in [6, 6.07) is 6.26. The van der Waals surface area contributed by atoms with Gasteiger partial charge in [0.1, 0.15) is 5.82 Å². The molecule has 0 saturated heterocycles. The lowest BCUT2D eigenvalue weighted by molar-refractivity contribution is -0.120. The number of thioether (sulfide) groups is 1. The van der Waals surface area contributed by atoms with Gasteiger partial charge in [0.2, 0.25) is 5.91 Å². The molecule has 1 rings (SSSR count). The molecular formula is C16H24FNO2S. The van der Waals surface area contributed by atoms with E-state index in [0.717, 1.165) is 5.56 Å². The number of rotatable bonds is 7. The summed E-state index contributed by atoms with van der Waals surface area (Å²) in [4.78, 5) is 11.9. The summed E-state index contributed by atoms with van der Waals surface area (Å²) < 4.78 is 12.8. The maximum atomic E-state index is 12.8. The highest BCUT2D eigenvalue weighted by Gasteiger charge is 2.25. The Bertz CT molecular complexity index is 443. The van der Waals surface area contributed by atoms with Crippen molar-refractivity contribution in [1.82, 2.24) is 5.32 Å². The molecule has 0 heterocycles. The van der Waals surface area contributed by atoms with Gasteiger partial charge < -0.3 is 10.4 Å². The lowest BCUT2D eigenvalue weighted by Gasteiger charge is -2.31. The van der Waals surface area contributed by atoms with Gasteiger partial charge in [-0.05, 0) is 29.5 Å². The maximum absolute atomic E-state index is 12.8. The summed E-state index contributed by atoms with van der Waals surface area (Å²) in [5, 5.41) is 12.0. The molecule has 0 aliphatic heterocycles. The number of carbonyl (C=O) groups is 1. The highest BCUT2D eigenvalue weighted by Crippen LogP contribution is 2.22. The Balaban J connectivity index is 2.37. The van der Waals surface area contributed by atoms with Gasteiger partial charge >= 0.3 is 0 Å². The predicted octanol–water partition coefficient (Wildman–Crippen LogP) is 2.97. The second kappa shape index (κ2) is 8.39. The van der Waals surface area contributed by atoms with E-state index in [-0.39, 0.29) is 29.8 Å². The minimum Gasteiger partial charge on any atom is -0.396 e. The number of hydrogen-bond acceptors (Lipinski definition) is 3. The van der Waals surface area contributed by atoms with E-state index in [1.807, 2.05) is 20.8 Å². The van der Waals surface area contributed by atoms with Crippen molar-refractivity contribution in [2.45, 2.75) is 39.0 Å². The fraction of sp³-hybridized carbons (Fsp3) is 0.562. The van der Waals surface area contributed by atoms with Crippen LogP contribution in [0.4, 0.5) is 4.39 Å². The molecule has 5 heteroatoms. The number of carbonyl (C=O) groups excluding carboxylic acids is 1. The SMILES string of the molecule is CC(C)(C)C(CCO)NC(=O)CSCc1ccc(F)cc1. The first-order valence-electron chi connectivity index (χ1n) is 7.05. The Labute approximate surface area is 130 Å². The van der Waals surface area contributed by atoms with Crippen LogP contribution in [0.15, 0.2) is 24.3 Å². The van der Waals surface area contributed by atoms with Crippen LogP contribution in [0.1, 0.15) is 32.8 Å². The Morgan fingerprint density at radius 1 is 1.33 bits per heavy atom. The van der Waals surface area contributed by atoms with Crippen molar-refractivity contribution in [3.8, 4) is 0 Å². The lowest BCUT2D eigenvalue weighted by Crippen LogP contribution is -2.45. The van der Waals surface area contributed by atoms with Crippen LogP contribution in [0, 0.1) is 11.2 Å². The number of aliphatic hydroxyl groups is 1. The molecule has 1 amide bonds. The van der Waals surface area contributed by atoms with Crippen LogP contribution in [0.5, 0.6) is 0 Å². The van der Waals surface area contributed by atoms with E-state index in [0.29, 0.717) is 17.9 Å². The molecule has 118 valence electrons. The van der Waals surface area contributed by atoms with Crippen LogP contribution in [-0.2, 0) is 10.5 Å². The van der Waals surface area contributed by atoms with E-state index in [4.69, 9.17) is 5.11 Å². The zero-order valence-corrected chi connectivity index (χ0v) is 13.7. The van der Waals surface area contributed by atoms with Gasteiger partial charge in [-0.15, -0.1) is 11.8 Å². The second-order valence-corrected chi connectivity index (χ2v) is 7.10. The Morgan fingerprint density at radius 2 is 1.95 bits per heavy atom. The van der Waals surface area contributed by atoms with Gasteiger partial charge in [0.25, 0.3) is 0 Å². The van der Waals surface area contributed by atoms with Crippen molar-refractivity contribution in [1.29, 1.82) is 0 Å². The highest BCUT2D eigenvalue weighted by atomic mass is 32.2. The van der Waals surface area contributed by atoms with Crippen molar-refractivity contribution in [3.05, 3.63) is 35.6 Å². The molecule has 0 aliphatic carbocycles. The molecule has 0 saturated carbocycles. The monoisotopic (exact) mass is 313 g/mol. The van der Waals surface area contributed by atoms with Crippen LogP contribution in [-0.4, -0.2) is 29.4 Å². The highest BCUT2D eigenvalue weighted by molar-refractivity contribution is 7.99. The van der Waals surface area contributed by atoms with Crippen LogP contribution in [0.2, 0.25) is 0 Å². The van der Waals surface area contributed by atoms with Crippen molar-refractivity contribution >= 4 is 17.7 Å². The molecule has 21 heavy (non-hydrogen) atoms. The minimum absolute atomic E-state index is 0.0320. The Kier molecular flexibility index (Phi) is 7.18. The Morgan fingerprint density at radius 3 is 2.48 bits per heavy atom. The van der Waals surface area contributed by atoms with E-state index in [2.05, 4.69) is 5.32 Å². The molecule has 0 bridgehead atoms. The third-order valence-electron chi connectivity index (χ3n) is 3.21. The molecule has 0 spiro atoms. The number of amides is 1. The first kappa shape index (κ1) is 18.0. The van der Waals surface area contributed by atoms with Crippen molar-refractivity contribution in [2.75, 3.05) is 12.4 Å². The predicted molar refractivity (Wildman–Crippen MR) is 85.7 cm³/mol. The summed E-state index contributed by atoms with van der Waals surface area (Å²) in [6.07, 6.45) is 0.553. The number of halogens is 1. The molecule has 2 N–H and O–H groups in total. The van der Waals surface area contributed by atoms with Crippen molar-refractivity contribution in [3.63, 3.8) is 0 Å². The normalized spacial score (nSPS) is 13.0. The zero-order chi connectivity index (χ0) is 15.9. The number of benzene rings is 1. The molecule has 1 unspecified atom stereocenters. The van der Waals surface area contributed by atoms with E-state index in [1.165, 1.54) is 23.9 Å². The zero-order valence-electron chi connectivity index (χ0n) is 12.9. The van der Waals surface area contributed by atoms with Gasteiger partial charge in [0.15, 0.2) is 0 Å². The molecular weight excluding hydrogens is 289 g/mol. The number of hydrogen-bond donors (Lipinski definition) is 2. The van der Waals surface area contributed by atoms with E-state index in [9.17, 15) is 9.18 Å². The smallest absolute Gasteiger partial charge is 0.230 e. The van der Waals surface area contributed by atoms with Gasteiger partial charge in [-0.1, -0.05) is 32.9 Å². The van der Waals surface area contributed by atoms with E-state index < -0.39 is 0 Å². The molecule has 0 radical (unpaired) electrons. The van der Waals surface area contributed by atoms with Gasteiger partial charge in [-0.2, -0.15) is 0 Å². The fourth-order valence-corrected chi connectivity index (χ4v) is 2.73. The molecule has 1 aromatic carbocycles. The quantitative estimate of drug-likeness (QED) is 0.813. The molecule has 0 fully saturated rings. The first-order chi connectivity index (χ1) is 9.82. The summed E-state index contributed by atoms with van der Waals surface area (Å²) in [5.41, 5.74) is 0.914. The van der Waals surface area contributed by atoms with Crippen LogP contribution in [0.3, 0.4) is 0 Å². The fourth-order valence-electron chi connectivity index (χ4n) is 1.93. The van der Waals surface area contributed by atoms with E-state index >= 15 is 0 Å². The lowest BCUT2D eigenvalue weighted by atomic mass is 9.85. The molecule has 1 atom stereocenters. The topological polar surface area (TPSA) is 49.3 Å². The second-order valence-electron chi connectivity index (χ2n) is 6.12. The maximum Gasteiger partial charge on any atom is 0.230 e. The molecule has 0 aromatic heterocycles. The van der Waals surface area contributed by atoms with E-state index in [1.54, 1.807) is 12.1 Å².